The number of hydrogen-bond donors (Lipinski definition) is 1. The van der Waals surface area contributed by atoms with Gasteiger partial charge >= 0.3 is 6.61 Å². The molecule has 25 heavy (non-hydrogen) atoms. The zero-order chi connectivity index (χ0) is 17.6. The summed E-state index contributed by atoms with van der Waals surface area (Å²) in [4.78, 5) is 14.6. The second-order valence-corrected chi connectivity index (χ2v) is 5.95. The molecule has 0 aliphatic carbocycles. The Balaban J connectivity index is 1.60. The Morgan fingerprint density at radius 3 is 2.20 bits per heavy atom. The molecule has 1 saturated heterocycles. The van der Waals surface area contributed by atoms with Crippen LogP contribution in [0, 0.1) is 0 Å². The first-order valence-electron chi connectivity index (χ1n) is 8.33. The second kappa shape index (κ2) is 7.96. The highest BCUT2D eigenvalue weighted by Gasteiger charge is 2.12. The normalized spacial score (nSPS) is 14.4. The number of anilines is 2. The summed E-state index contributed by atoms with van der Waals surface area (Å²) in [6, 6.07) is 13.3. The van der Waals surface area contributed by atoms with E-state index < -0.39 is 6.61 Å². The Morgan fingerprint density at radius 1 is 0.960 bits per heavy atom. The Labute approximate surface area is 145 Å². The molecule has 1 aliphatic rings. The van der Waals surface area contributed by atoms with E-state index >= 15 is 0 Å². The van der Waals surface area contributed by atoms with E-state index in [1.807, 2.05) is 24.3 Å². The Bertz CT molecular complexity index is 696. The molecule has 3 rings (SSSR count). The molecule has 0 spiro atoms. The van der Waals surface area contributed by atoms with Crippen LogP contribution in [0.15, 0.2) is 48.5 Å². The number of nitrogens with one attached hydrogen (secondary N) is 1. The fraction of sp³-hybridized carbons (Fsp3) is 0.316. The van der Waals surface area contributed by atoms with Crippen LogP contribution in [-0.4, -0.2) is 25.6 Å². The summed E-state index contributed by atoms with van der Waals surface area (Å²) in [6.45, 7) is -0.740. The van der Waals surface area contributed by atoms with Crippen molar-refractivity contribution in [3.63, 3.8) is 0 Å². The van der Waals surface area contributed by atoms with E-state index in [1.165, 1.54) is 43.5 Å². The standard InChI is InChI=1S/C19H20F2N2O2/c20-19(21)25-17-10-4-14(5-11-17)18(24)22-15-6-8-16(9-7-15)23-12-2-1-3-13-23/h4-11,19H,1-3,12-13H2,(H,22,24). The van der Waals surface area contributed by atoms with Crippen LogP contribution < -0.4 is 15.0 Å². The van der Waals surface area contributed by atoms with Gasteiger partial charge in [-0.05, 0) is 67.8 Å². The minimum absolute atomic E-state index is 0.0254. The zero-order valence-corrected chi connectivity index (χ0v) is 13.8. The molecule has 1 fully saturated rings. The Hall–Kier alpha value is -2.63. The maximum absolute atomic E-state index is 12.2. The number of carbonyl (C=O) groups is 1. The first-order chi connectivity index (χ1) is 12.1. The van der Waals surface area contributed by atoms with Crippen LogP contribution in [0.3, 0.4) is 0 Å². The van der Waals surface area contributed by atoms with Crippen molar-refractivity contribution in [2.75, 3.05) is 23.3 Å². The molecule has 0 bridgehead atoms. The summed E-state index contributed by atoms with van der Waals surface area (Å²) >= 11 is 0. The molecular weight excluding hydrogens is 326 g/mol. The minimum Gasteiger partial charge on any atom is -0.435 e. The average Bonchev–Trinajstić information content (AvgIpc) is 2.63. The molecule has 0 saturated carbocycles. The number of rotatable bonds is 5. The summed E-state index contributed by atoms with van der Waals surface area (Å²) in [7, 11) is 0. The lowest BCUT2D eigenvalue weighted by Gasteiger charge is -2.28. The number of carbonyl (C=O) groups excluding carboxylic acids is 1. The molecule has 2 aromatic carbocycles. The molecule has 132 valence electrons. The van der Waals surface area contributed by atoms with Gasteiger partial charge in [0, 0.05) is 30.0 Å². The molecule has 1 aliphatic heterocycles. The Kier molecular flexibility index (Phi) is 5.48. The molecule has 2 aromatic rings. The third-order valence-electron chi connectivity index (χ3n) is 4.19. The van der Waals surface area contributed by atoms with Gasteiger partial charge in [-0.3, -0.25) is 4.79 Å². The van der Waals surface area contributed by atoms with Gasteiger partial charge in [-0.2, -0.15) is 8.78 Å². The largest absolute Gasteiger partial charge is 0.435 e. The van der Waals surface area contributed by atoms with Gasteiger partial charge in [-0.15, -0.1) is 0 Å². The van der Waals surface area contributed by atoms with Crippen molar-refractivity contribution in [2.45, 2.75) is 25.9 Å². The second-order valence-electron chi connectivity index (χ2n) is 5.95. The molecular formula is C19H20F2N2O2. The summed E-state index contributed by atoms with van der Waals surface area (Å²) < 4.78 is 28.5. The van der Waals surface area contributed by atoms with Crippen molar-refractivity contribution in [1.29, 1.82) is 0 Å². The average molecular weight is 346 g/mol. The van der Waals surface area contributed by atoms with Crippen LogP contribution in [0.5, 0.6) is 5.75 Å². The highest BCUT2D eigenvalue weighted by atomic mass is 19.3. The lowest BCUT2D eigenvalue weighted by atomic mass is 10.1. The van der Waals surface area contributed by atoms with E-state index in [2.05, 4.69) is 15.0 Å². The topological polar surface area (TPSA) is 41.6 Å². The highest BCUT2D eigenvalue weighted by molar-refractivity contribution is 6.04. The van der Waals surface area contributed by atoms with E-state index in [1.54, 1.807) is 0 Å². The Morgan fingerprint density at radius 2 is 1.60 bits per heavy atom. The number of hydrogen-bond acceptors (Lipinski definition) is 3. The highest BCUT2D eigenvalue weighted by Crippen LogP contribution is 2.22. The van der Waals surface area contributed by atoms with Crippen LogP contribution in [0.25, 0.3) is 0 Å². The summed E-state index contributed by atoms with van der Waals surface area (Å²) in [6.07, 6.45) is 3.71. The van der Waals surface area contributed by atoms with Crippen LogP contribution in [-0.2, 0) is 0 Å². The minimum atomic E-state index is -2.88. The smallest absolute Gasteiger partial charge is 0.387 e. The first kappa shape index (κ1) is 17.2. The van der Waals surface area contributed by atoms with Gasteiger partial charge in [0.15, 0.2) is 0 Å². The SMILES string of the molecule is O=C(Nc1ccc(N2CCCCC2)cc1)c1ccc(OC(F)F)cc1. The summed E-state index contributed by atoms with van der Waals surface area (Å²) in [5, 5.41) is 2.80. The summed E-state index contributed by atoms with van der Waals surface area (Å²) in [5.41, 5.74) is 2.23. The molecule has 0 unspecified atom stereocenters. The van der Waals surface area contributed by atoms with Crippen molar-refractivity contribution in [1.82, 2.24) is 0 Å². The third kappa shape index (κ3) is 4.68. The first-order valence-corrected chi connectivity index (χ1v) is 8.33. The van der Waals surface area contributed by atoms with E-state index in [0.717, 1.165) is 18.8 Å². The van der Waals surface area contributed by atoms with Gasteiger partial charge in [-0.1, -0.05) is 0 Å². The number of ether oxygens (including phenoxy) is 1. The zero-order valence-electron chi connectivity index (χ0n) is 13.8. The monoisotopic (exact) mass is 346 g/mol. The number of benzene rings is 2. The molecule has 0 atom stereocenters. The van der Waals surface area contributed by atoms with Crippen molar-refractivity contribution in [3.05, 3.63) is 54.1 Å². The molecule has 1 heterocycles. The fourth-order valence-corrected chi connectivity index (χ4v) is 2.90. The maximum Gasteiger partial charge on any atom is 0.387 e. The molecule has 1 amide bonds. The van der Waals surface area contributed by atoms with E-state index in [9.17, 15) is 13.6 Å². The number of piperidine rings is 1. The molecule has 1 N–H and O–H groups in total. The number of amides is 1. The molecule has 0 aromatic heterocycles. The van der Waals surface area contributed by atoms with E-state index in [4.69, 9.17) is 0 Å². The predicted molar refractivity (Wildman–Crippen MR) is 93.5 cm³/mol. The van der Waals surface area contributed by atoms with Crippen molar-refractivity contribution < 1.29 is 18.3 Å². The van der Waals surface area contributed by atoms with E-state index in [-0.39, 0.29) is 11.7 Å². The van der Waals surface area contributed by atoms with E-state index in [0.29, 0.717) is 11.3 Å². The molecule has 6 heteroatoms. The lowest BCUT2D eigenvalue weighted by molar-refractivity contribution is -0.0498. The van der Waals surface area contributed by atoms with Crippen molar-refractivity contribution in [3.8, 4) is 5.75 Å². The van der Waals surface area contributed by atoms with Crippen LogP contribution in [0.1, 0.15) is 29.6 Å². The number of alkyl halides is 2. The number of nitrogens with zero attached hydrogens (tertiary/aromatic N) is 1. The van der Waals surface area contributed by atoms with Gasteiger partial charge in [0.05, 0.1) is 0 Å². The van der Waals surface area contributed by atoms with Gasteiger partial charge < -0.3 is 15.0 Å². The van der Waals surface area contributed by atoms with Gasteiger partial charge in [0.2, 0.25) is 0 Å². The van der Waals surface area contributed by atoms with Crippen LogP contribution >= 0.6 is 0 Å². The van der Waals surface area contributed by atoms with Gasteiger partial charge in [-0.25, -0.2) is 0 Å². The number of halogens is 2. The maximum atomic E-state index is 12.2. The van der Waals surface area contributed by atoms with Crippen molar-refractivity contribution >= 4 is 17.3 Å². The fourth-order valence-electron chi connectivity index (χ4n) is 2.90. The summed E-state index contributed by atoms with van der Waals surface area (Å²) in [5.74, 6) is -0.272. The lowest BCUT2D eigenvalue weighted by Crippen LogP contribution is -2.29. The van der Waals surface area contributed by atoms with Gasteiger partial charge in [0.25, 0.3) is 5.91 Å². The van der Waals surface area contributed by atoms with Crippen LogP contribution in [0.4, 0.5) is 20.2 Å². The molecule has 4 nitrogen and oxygen atoms in total. The van der Waals surface area contributed by atoms with Crippen LogP contribution in [0.2, 0.25) is 0 Å². The van der Waals surface area contributed by atoms with Gasteiger partial charge in [0.1, 0.15) is 5.75 Å². The molecule has 0 radical (unpaired) electrons. The third-order valence-corrected chi connectivity index (χ3v) is 4.19. The van der Waals surface area contributed by atoms with Crippen molar-refractivity contribution in [2.24, 2.45) is 0 Å². The quantitative estimate of drug-likeness (QED) is 0.865. The predicted octanol–water partition coefficient (Wildman–Crippen LogP) is 4.53.